The van der Waals surface area contributed by atoms with Crippen LogP contribution in [-0.2, 0) is 9.53 Å². The first-order valence-electron chi connectivity index (χ1n) is 4.42. The predicted octanol–water partition coefficient (Wildman–Crippen LogP) is -1.52. The number of carbonyl (C=O) groups excluding carboxylic acids is 1. The highest BCUT2D eigenvalue weighted by atomic mass is 16.5. The van der Waals surface area contributed by atoms with Crippen LogP contribution < -0.4 is 0 Å². The summed E-state index contributed by atoms with van der Waals surface area (Å²) in [6.45, 7) is 1.92. The molecule has 1 N–H and O–H groups in total. The molecule has 5 heteroatoms. The van der Waals surface area contributed by atoms with Gasteiger partial charge in [0.25, 0.3) is 0 Å². The number of hydrogen-bond donors (Lipinski definition) is 1. The quantitative estimate of drug-likeness (QED) is 0.540. The van der Waals surface area contributed by atoms with Crippen LogP contribution in [0.3, 0.4) is 0 Å². The van der Waals surface area contributed by atoms with Crippen molar-refractivity contribution < 1.29 is 14.6 Å². The van der Waals surface area contributed by atoms with E-state index < -0.39 is 6.10 Å². The maximum atomic E-state index is 11.2. The average molecular weight is 186 g/mol. The Hall–Kier alpha value is -0.650. The van der Waals surface area contributed by atoms with Gasteiger partial charge in [0.15, 0.2) is 0 Å². The van der Waals surface area contributed by atoms with Gasteiger partial charge in [-0.25, -0.2) is 0 Å². The second-order valence-electron chi connectivity index (χ2n) is 3.65. The molecule has 0 spiro atoms. The fourth-order valence-corrected chi connectivity index (χ4v) is 1.80. The Balaban J connectivity index is 1.98. The van der Waals surface area contributed by atoms with Crippen LogP contribution in [0, 0.1) is 0 Å². The minimum Gasteiger partial charge on any atom is -0.389 e. The van der Waals surface area contributed by atoms with Crippen molar-refractivity contribution in [2.24, 2.45) is 0 Å². The van der Waals surface area contributed by atoms with Crippen LogP contribution in [0.1, 0.15) is 0 Å². The summed E-state index contributed by atoms with van der Waals surface area (Å²) in [7, 11) is 1.77. The van der Waals surface area contributed by atoms with Gasteiger partial charge in [0.2, 0.25) is 5.91 Å². The summed E-state index contributed by atoms with van der Waals surface area (Å²) in [5.41, 5.74) is 0. The molecular formula is C8H14N2O3. The molecule has 0 aromatic rings. The van der Waals surface area contributed by atoms with Crippen LogP contribution in [0.5, 0.6) is 0 Å². The van der Waals surface area contributed by atoms with Gasteiger partial charge in [0, 0.05) is 7.05 Å². The minimum atomic E-state index is -0.445. The normalized spacial score (nSPS) is 36.2. The van der Waals surface area contributed by atoms with Crippen molar-refractivity contribution in [3.05, 3.63) is 0 Å². The molecule has 2 saturated heterocycles. The molecule has 2 aliphatic rings. The zero-order valence-electron chi connectivity index (χ0n) is 7.64. The van der Waals surface area contributed by atoms with E-state index in [9.17, 15) is 9.90 Å². The van der Waals surface area contributed by atoms with E-state index in [4.69, 9.17) is 4.74 Å². The monoisotopic (exact) mass is 186 g/mol. The highest BCUT2D eigenvalue weighted by Crippen LogP contribution is 2.16. The average Bonchev–Trinajstić information content (AvgIpc) is 2.60. The van der Waals surface area contributed by atoms with Crippen molar-refractivity contribution in [1.82, 2.24) is 9.80 Å². The standard InChI is InChI=1S/C8H14N2O3/c1-9-5-10(2-8(9)12)6-3-13-4-7(6)11/h6-7,11H,2-5H2,1H3. The van der Waals surface area contributed by atoms with Crippen molar-refractivity contribution in [1.29, 1.82) is 0 Å². The molecular weight excluding hydrogens is 172 g/mol. The Kier molecular flexibility index (Phi) is 2.23. The lowest BCUT2D eigenvalue weighted by Gasteiger charge is -2.23. The largest absolute Gasteiger partial charge is 0.389 e. The summed E-state index contributed by atoms with van der Waals surface area (Å²) in [6.07, 6.45) is -0.445. The van der Waals surface area contributed by atoms with Crippen LogP contribution in [0.2, 0.25) is 0 Å². The topological polar surface area (TPSA) is 53.0 Å². The molecule has 2 fully saturated rings. The zero-order valence-corrected chi connectivity index (χ0v) is 7.64. The Morgan fingerprint density at radius 3 is 2.77 bits per heavy atom. The van der Waals surface area contributed by atoms with E-state index in [1.165, 1.54) is 0 Å². The van der Waals surface area contributed by atoms with Crippen molar-refractivity contribution in [3.63, 3.8) is 0 Å². The van der Waals surface area contributed by atoms with Gasteiger partial charge < -0.3 is 14.7 Å². The van der Waals surface area contributed by atoms with Gasteiger partial charge in [-0.2, -0.15) is 0 Å². The van der Waals surface area contributed by atoms with E-state index in [-0.39, 0.29) is 11.9 Å². The molecule has 2 unspecified atom stereocenters. The number of amides is 1. The highest BCUT2D eigenvalue weighted by molar-refractivity contribution is 5.79. The van der Waals surface area contributed by atoms with Crippen LogP contribution in [0.15, 0.2) is 0 Å². The van der Waals surface area contributed by atoms with E-state index >= 15 is 0 Å². The van der Waals surface area contributed by atoms with E-state index in [0.29, 0.717) is 26.4 Å². The molecule has 2 aliphatic heterocycles. The summed E-state index contributed by atoms with van der Waals surface area (Å²) in [5.74, 6) is 0.110. The Bertz CT molecular complexity index is 221. The third kappa shape index (κ3) is 1.54. The van der Waals surface area contributed by atoms with Gasteiger partial charge >= 0.3 is 0 Å². The van der Waals surface area contributed by atoms with E-state index in [0.717, 1.165) is 0 Å². The number of aliphatic hydroxyl groups is 1. The maximum absolute atomic E-state index is 11.2. The van der Waals surface area contributed by atoms with E-state index in [1.807, 2.05) is 4.90 Å². The number of nitrogens with zero attached hydrogens (tertiary/aromatic N) is 2. The molecule has 0 bridgehead atoms. The summed E-state index contributed by atoms with van der Waals surface area (Å²) in [4.78, 5) is 14.8. The smallest absolute Gasteiger partial charge is 0.237 e. The minimum absolute atomic E-state index is 0.00565. The van der Waals surface area contributed by atoms with Crippen molar-refractivity contribution >= 4 is 5.91 Å². The fourth-order valence-electron chi connectivity index (χ4n) is 1.80. The third-order valence-corrected chi connectivity index (χ3v) is 2.65. The molecule has 13 heavy (non-hydrogen) atoms. The van der Waals surface area contributed by atoms with Gasteiger partial charge in [0.05, 0.1) is 38.6 Å². The molecule has 0 aromatic heterocycles. The van der Waals surface area contributed by atoms with Gasteiger partial charge in [0.1, 0.15) is 0 Å². The predicted molar refractivity (Wildman–Crippen MR) is 45.0 cm³/mol. The van der Waals surface area contributed by atoms with E-state index in [1.54, 1.807) is 11.9 Å². The molecule has 2 atom stereocenters. The maximum Gasteiger partial charge on any atom is 0.237 e. The molecule has 0 aliphatic carbocycles. The number of ether oxygens (including phenoxy) is 1. The first kappa shape index (κ1) is 8.93. The first-order chi connectivity index (χ1) is 6.18. The highest BCUT2D eigenvalue weighted by Gasteiger charge is 2.37. The SMILES string of the molecule is CN1CN(C2COCC2O)CC1=O. The van der Waals surface area contributed by atoms with Crippen molar-refractivity contribution in [2.45, 2.75) is 12.1 Å². The number of carbonyl (C=O) groups is 1. The second-order valence-corrected chi connectivity index (χ2v) is 3.65. The Morgan fingerprint density at radius 2 is 2.31 bits per heavy atom. The van der Waals surface area contributed by atoms with Crippen LogP contribution in [0.25, 0.3) is 0 Å². The van der Waals surface area contributed by atoms with Gasteiger partial charge in [-0.05, 0) is 0 Å². The summed E-state index contributed by atoms with van der Waals surface area (Å²) >= 11 is 0. The lowest BCUT2D eigenvalue weighted by Crippen LogP contribution is -2.42. The fraction of sp³-hybridized carbons (Fsp3) is 0.875. The lowest BCUT2D eigenvalue weighted by atomic mass is 10.2. The summed E-state index contributed by atoms with van der Waals surface area (Å²) in [6, 6.07) is -0.00565. The first-order valence-corrected chi connectivity index (χ1v) is 4.42. The van der Waals surface area contributed by atoms with Gasteiger partial charge in [-0.1, -0.05) is 0 Å². The van der Waals surface area contributed by atoms with Crippen molar-refractivity contribution in [2.75, 3.05) is 33.5 Å². The Labute approximate surface area is 76.9 Å². The molecule has 1 amide bonds. The Morgan fingerprint density at radius 1 is 1.54 bits per heavy atom. The zero-order chi connectivity index (χ0) is 9.42. The summed E-state index contributed by atoms with van der Waals surface area (Å²) in [5, 5.41) is 9.53. The molecule has 0 saturated carbocycles. The molecule has 2 heterocycles. The molecule has 0 aromatic carbocycles. The lowest BCUT2D eigenvalue weighted by molar-refractivity contribution is -0.125. The van der Waals surface area contributed by atoms with Crippen molar-refractivity contribution in [3.8, 4) is 0 Å². The number of hydrogen-bond acceptors (Lipinski definition) is 4. The molecule has 0 radical (unpaired) electrons. The molecule has 74 valence electrons. The van der Waals surface area contributed by atoms with Gasteiger partial charge in [-0.15, -0.1) is 0 Å². The number of rotatable bonds is 1. The molecule has 5 nitrogen and oxygen atoms in total. The van der Waals surface area contributed by atoms with Gasteiger partial charge in [-0.3, -0.25) is 9.69 Å². The number of aliphatic hydroxyl groups excluding tert-OH is 1. The third-order valence-electron chi connectivity index (χ3n) is 2.65. The van der Waals surface area contributed by atoms with Crippen LogP contribution >= 0.6 is 0 Å². The summed E-state index contributed by atoms with van der Waals surface area (Å²) < 4.78 is 5.13. The second kappa shape index (κ2) is 3.25. The van der Waals surface area contributed by atoms with Crippen LogP contribution in [0.4, 0.5) is 0 Å². The van der Waals surface area contributed by atoms with E-state index in [2.05, 4.69) is 0 Å². The van der Waals surface area contributed by atoms with Crippen LogP contribution in [-0.4, -0.2) is 66.4 Å². The molecule has 2 rings (SSSR count). The number of likely N-dealkylation sites (N-methyl/N-ethyl adjacent to an activating group) is 1.